The number of unbranched alkanes of at least 4 members (excludes halogenated alkanes) is 15. The van der Waals surface area contributed by atoms with Gasteiger partial charge >= 0.3 is 7.32 Å². The van der Waals surface area contributed by atoms with E-state index in [0.29, 0.717) is 53.3 Å². The highest BCUT2D eigenvalue weighted by molar-refractivity contribution is 8.22. The van der Waals surface area contributed by atoms with E-state index in [1.54, 1.807) is 0 Å². The number of rotatable bonds is 30. The van der Waals surface area contributed by atoms with Crippen molar-refractivity contribution in [3.8, 4) is 0 Å². The van der Waals surface area contributed by atoms with Crippen molar-refractivity contribution in [3.63, 3.8) is 0 Å². The highest BCUT2D eigenvalue weighted by atomic mass is 32.2. The molecule has 0 bridgehead atoms. The molecular formula is C30H59BO5S4. The van der Waals surface area contributed by atoms with Gasteiger partial charge in [0.15, 0.2) is 0 Å². The summed E-state index contributed by atoms with van der Waals surface area (Å²) in [5, 5.41) is 0. The predicted molar refractivity (Wildman–Crippen MR) is 186 cm³/mol. The van der Waals surface area contributed by atoms with Crippen molar-refractivity contribution in [2.24, 2.45) is 0 Å². The van der Waals surface area contributed by atoms with Gasteiger partial charge in [-0.25, -0.2) is 0 Å². The molecule has 0 aromatic carbocycles. The van der Waals surface area contributed by atoms with Crippen LogP contribution in [0.3, 0.4) is 0 Å². The Morgan fingerprint density at radius 1 is 0.450 bits per heavy atom. The zero-order chi connectivity index (χ0) is 29.4. The van der Waals surface area contributed by atoms with E-state index in [2.05, 4.69) is 20.8 Å². The van der Waals surface area contributed by atoms with Gasteiger partial charge in [0.2, 0.25) is 8.77 Å². The van der Waals surface area contributed by atoms with Crippen LogP contribution in [0.15, 0.2) is 0 Å². The summed E-state index contributed by atoms with van der Waals surface area (Å²) < 4.78 is 30.2. The van der Waals surface area contributed by atoms with Gasteiger partial charge in [0.1, 0.15) is 0 Å². The fraction of sp³-hybridized carbons (Fsp3) is 0.933. The third-order valence-corrected chi connectivity index (χ3v) is 8.69. The third-order valence-electron chi connectivity index (χ3n) is 6.30. The van der Waals surface area contributed by atoms with Crippen LogP contribution in [0.4, 0.5) is 0 Å². The van der Waals surface area contributed by atoms with Gasteiger partial charge in [0.05, 0.1) is 13.2 Å². The van der Waals surface area contributed by atoms with Crippen molar-refractivity contribution in [1.82, 2.24) is 0 Å². The molecule has 0 aromatic rings. The zero-order valence-corrected chi connectivity index (χ0v) is 29.2. The number of thiocarbonyl (C=S) groups is 2. The maximum absolute atomic E-state index is 5.91. The molecule has 5 nitrogen and oxygen atoms in total. The quantitative estimate of drug-likeness (QED) is 0.0434. The van der Waals surface area contributed by atoms with Crippen LogP contribution in [-0.4, -0.2) is 60.6 Å². The molecule has 0 saturated carbocycles. The van der Waals surface area contributed by atoms with Gasteiger partial charge in [0.25, 0.3) is 0 Å². The lowest BCUT2D eigenvalue weighted by atomic mass is 10.1. The Morgan fingerprint density at radius 2 is 0.775 bits per heavy atom. The van der Waals surface area contributed by atoms with Crippen LogP contribution >= 0.6 is 48.0 Å². The summed E-state index contributed by atoms with van der Waals surface area (Å²) in [4.78, 5) is 0. The summed E-state index contributed by atoms with van der Waals surface area (Å²) in [7, 11) is -0.674. The minimum absolute atomic E-state index is 0.485. The molecule has 0 aliphatic carbocycles. The Morgan fingerprint density at radius 3 is 1.18 bits per heavy atom. The molecule has 0 amide bonds. The molecule has 0 N–H and O–H groups in total. The number of thioether (sulfide) groups is 2. The van der Waals surface area contributed by atoms with Crippen LogP contribution in [-0.2, 0) is 23.4 Å². The first kappa shape index (κ1) is 40.4. The van der Waals surface area contributed by atoms with Crippen LogP contribution in [0.25, 0.3) is 0 Å². The standard InChI is InChI=1S/C30H59BO5S4/c1-4-7-10-13-16-19-22-32-29(37)39-27-25-35-31(34-24-21-18-15-12-9-6-3)36-26-28-40-30(38)33-23-20-17-14-11-8-5-2/h4-28H2,1-3H3. The fourth-order valence-corrected chi connectivity index (χ4v) is 5.60. The van der Waals surface area contributed by atoms with E-state index >= 15 is 0 Å². The second kappa shape index (κ2) is 33.9. The Labute approximate surface area is 267 Å². The lowest BCUT2D eigenvalue weighted by Crippen LogP contribution is -2.30. The van der Waals surface area contributed by atoms with Gasteiger partial charge < -0.3 is 23.4 Å². The van der Waals surface area contributed by atoms with Crippen molar-refractivity contribution >= 4 is 64.0 Å². The molecule has 0 unspecified atom stereocenters. The Kier molecular flexibility index (Phi) is 34.3. The second-order valence-corrected chi connectivity index (χ2v) is 13.5. The first-order valence-corrected chi connectivity index (χ1v) is 18.9. The summed E-state index contributed by atoms with van der Waals surface area (Å²) in [6, 6.07) is 0. The smallest absolute Gasteiger partial charge is 0.479 e. The van der Waals surface area contributed by atoms with Crippen LogP contribution in [0.2, 0.25) is 0 Å². The van der Waals surface area contributed by atoms with Crippen molar-refractivity contribution in [3.05, 3.63) is 0 Å². The first-order valence-electron chi connectivity index (χ1n) is 16.1. The van der Waals surface area contributed by atoms with Gasteiger partial charge in [-0.05, 0) is 43.7 Å². The number of hydrogen-bond donors (Lipinski definition) is 0. The lowest BCUT2D eigenvalue weighted by molar-refractivity contribution is 0.102. The maximum atomic E-state index is 5.91. The molecule has 0 aromatic heterocycles. The van der Waals surface area contributed by atoms with Crippen molar-refractivity contribution in [1.29, 1.82) is 0 Å². The summed E-state index contributed by atoms with van der Waals surface area (Å²) >= 11 is 13.7. The van der Waals surface area contributed by atoms with Crippen LogP contribution in [0, 0.1) is 0 Å². The predicted octanol–water partition coefficient (Wildman–Crippen LogP) is 10.2. The van der Waals surface area contributed by atoms with Gasteiger partial charge in [-0.15, -0.1) is 0 Å². The third kappa shape index (κ3) is 31.4. The molecule has 0 saturated heterocycles. The van der Waals surface area contributed by atoms with Crippen LogP contribution in [0.5, 0.6) is 0 Å². The summed E-state index contributed by atoms with van der Waals surface area (Å²) in [6.07, 6.45) is 22.2. The van der Waals surface area contributed by atoms with Crippen LogP contribution in [0.1, 0.15) is 136 Å². The summed E-state index contributed by atoms with van der Waals surface area (Å²) in [6.45, 7) is 9.73. The molecule has 0 fully saturated rings. The molecule has 0 aliphatic rings. The van der Waals surface area contributed by atoms with Crippen LogP contribution < -0.4 is 0 Å². The number of hydrogen-bond acceptors (Lipinski definition) is 9. The Bertz CT molecular complexity index is 522. The van der Waals surface area contributed by atoms with Crippen molar-refractivity contribution in [2.45, 2.75) is 136 Å². The molecule has 0 radical (unpaired) electrons. The fourth-order valence-electron chi connectivity index (χ4n) is 3.90. The highest BCUT2D eigenvalue weighted by Gasteiger charge is 2.21. The van der Waals surface area contributed by atoms with E-state index in [0.717, 1.165) is 19.3 Å². The van der Waals surface area contributed by atoms with E-state index < -0.39 is 7.32 Å². The van der Waals surface area contributed by atoms with E-state index in [1.807, 2.05) is 0 Å². The molecule has 0 spiro atoms. The Balaban J connectivity index is 4.07. The van der Waals surface area contributed by atoms with E-state index in [4.69, 9.17) is 47.9 Å². The minimum Gasteiger partial charge on any atom is -0.479 e. The SMILES string of the molecule is CCCCCCCCOB(OCCSC(=S)OCCCCCCCC)OCCSC(=S)OCCCCCCCC. The molecule has 236 valence electrons. The van der Waals surface area contributed by atoms with Crippen molar-refractivity contribution < 1.29 is 23.4 Å². The molecule has 0 rings (SSSR count). The van der Waals surface area contributed by atoms with E-state index in [9.17, 15) is 0 Å². The molecule has 0 heterocycles. The largest absolute Gasteiger partial charge is 0.639 e. The molecule has 0 atom stereocenters. The molecule has 10 heteroatoms. The Hall–Kier alpha value is 0.425. The zero-order valence-electron chi connectivity index (χ0n) is 25.9. The number of ether oxygens (including phenoxy) is 2. The van der Waals surface area contributed by atoms with Gasteiger partial charge in [-0.1, -0.05) is 141 Å². The molecule has 40 heavy (non-hydrogen) atoms. The summed E-state index contributed by atoms with van der Waals surface area (Å²) in [5.41, 5.74) is 0. The molecule has 0 aliphatic heterocycles. The normalized spacial score (nSPS) is 11.1. The average Bonchev–Trinajstić information content (AvgIpc) is 2.95. The van der Waals surface area contributed by atoms with Gasteiger partial charge in [-0.2, -0.15) is 0 Å². The van der Waals surface area contributed by atoms with E-state index in [1.165, 1.54) is 120 Å². The maximum Gasteiger partial charge on any atom is 0.639 e. The second-order valence-electron chi connectivity index (χ2n) is 10.1. The lowest BCUT2D eigenvalue weighted by Gasteiger charge is -2.15. The van der Waals surface area contributed by atoms with Gasteiger partial charge in [-0.3, -0.25) is 0 Å². The highest BCUT2D eigenvalue weighted by Crippen LogP contribution is 2.12. The average molecular weight is 639 g/mol. The molecular weight excluding hydrogens is 579 g/mol. The van der Waals surface area contributed by atoms with E-state index in [-0.39, 0.29) is 0 Å². The monoisotopic (exact) mass is 638 g/mol. The minimum atomic E-state index is -0.674. The van der Waals surface area contributed by atoms with Gasteiger partial charge in [0, 0.05) is 31.3 Å². The first-order chi connectivity index (χ1) is 19.6. The van der Waals surface area contributed by atoms with Crippen molar-refractivity contribution in [2.75, 3.05) is 44.5 Å². The topological polar surface area (TPSA) is 46.2 Å². The summed E-state index contributed by atoms with van der Waals surface area (Å²) in [5.74, 6) is 1.42.